The lowest BCUT2D eigenvalue weighted by molar-refractivity contribution is 0.562. The van der Waals surface area contributed by atoms with Crippen LogP contribution in [0.3, 0.4) is 0 Å². The maximum absolute atomic E-state index is 4.06. The van der Waals surface area contributed by atoms with Gasteiger partial charge in [0, 0.05) is 11.8 Å². The lowest BCUT2D eigenvalue weighted by Gasteiger charge is -2.12. The first-order valence-corrected chi connectivity index (χ1v) is 6.41. The molecule has 1 aromatic heterocycles. The van der Waals surface area contributed by atoms with Crippen molar-refractivity contribution in [1.82, 2.24) is 25.5 Å². The molecule has 6 heteroatoms. The number of rotatable bonds is 6. The molecule has 0 amide bonds. The molecule has 0 bridgehead atoms. The van der Waals surface area contributed by atoms with Crippen molar-refractivity contribution in [3.63, 3.8) is 0 Å². The molecule has 0 radical (unpaired) electrons. The summed E-state index contributed by atoms with van der Waals surface area (Å²) in [4.78, 5) is 0. The number of hydrogen-bond donors (Lipinski definition) is 1. The van der Waals surface area contributed by atoms with Crippen molar-refractivity contribution in [3.8, 4) is 0 Å². The Morgan fingerprint density at radius 3 is 3.00 bits per heavy atom. The van der Waals surface area contributed by atoms with Gasteiger partial charge in [-0.3, -0.25) is 0 Å². The standard InChI is InChI=1S/C9H17N5S/c1-3-7(10-2)6-15-9-11-12-13-14(9)8-4-5-8/h7-8,10H,3-6H2,1-2H3. The van der Waals surface area contributed by atoms with E-state index < -0.39 is 0 Å². The summed E-state index contributed by atoms with van der Waals surface area (Å²) in [5, 5.41) is 16.1. The third kappa shape index (κ3) is 2.69. The number of tetrazole rings is 1. The van der Waals surface area contributed by atoms with Crippen LogP contribution in [0.1, 0.15) is 32.2 Å². The zero-order valence-electron chi connectivity index (χ0n) is 9.18. The predicted octanol–water partition coefficient (Wildman–Crippen LogP) is 1.10. The van der Waals surface area contributed by atoms with Crippen molar-refractivity contribution in [2.24, 2.45) is 0 Å². The van der Waals surface area contributed by atoms with E-state index in [1.807, 2.05) is 11.7 Å². The van der Waals surface area contributed by atoms with Gasteiger partial charge in [0.05, 0.1) is 6.04 Å². The largest absolute Gasteiger partial charge is 0.316 e. The van der Waals surface area contributed by atoms with Crippen molar-refractivity contribution in [1.29, 1.82) is 0 Å². The molecule has 1 atom stereocenters. The first-order valence-electron chi connectivity index (χ1n) is 5.43. The van der Waals surface area contributed by atoms with Gasteiger partial charge in [-0.25, -0.2) is 4.68 Å². The second-order valence-corrected chi connectivity index (χ2v) is 4.83. The van der Waals surface area contributed by atoms with E-state index in [4.69, 9.17) is 0 Å². The maximum atomic E-state index is 4.06. The van der Waals surface area contributed by atoms with Crippen LogP contribution >= 0.6 is 11.8 Å². The second kappa shape index (κ2) is 4.94. The van der Waals surface area contributed by atoms with E-state index in [0.29, 0.717) is 12.1 Å². The van der Waals surface area contributed by atoms with E-state index in [9.17, 15) is 0 Å². The van der Waals surface area contributed by atoms with Gasteiger partial charge in [-0.1, -0.05) is 18.7 Å². The summed E-state index contributed by atoms with van der Waals surface area (Å²) in [6, 6.07) is 1.11. The van der Waals surface area contributed by atoms with Crippen molar-refractivity contribution in [2.75, 3.05) is 12.8 Å². The number of aromatic nitrogens is 4. The minimum atomic E-state index is 0.541. The third-order valence-corrected chi connectivity index (χ3v) is 3.77. The van der Waals surface area contributed by atoms with Crippen LogP contribution in [0.5, 0.6) is 0 Å². The normalized spacial score (nSPS) is 18.0. The van der Waals surface area contributed by atoms with E-state index in [1.165, 1.54) is 12.8 Å². The molecule has 0 aromatic carbocycles. The third-order valence-electron chi connectivity index (χ3n) is 2.67. The van der Waals surface area contributed by atoms with Gasteiger partial charge < -0.3 is 5.32 Å². The van der Waals surface area contributed by atoms with Gasteiger partial charge in [-0.2, -0.15) is 0 Å². The molecule has 1 heterocycles. The fraction of sp³-hybridized carbons (Fsp3) is 0.889. The molecule has 1 aliphatic carbocycles. The molecule has 1 saturated carbocycles. The summed E-state index contributed by atoms with van der Waals surface area (Å²) in [6.45, 7) is 2.19. The lowest BCUT2D eigenvalue weighted by atomic mass is 10.3. The Kier molecular flexibility index (Phi) is 3.58. The summed E-state index contributed by atoms with van der Waals surface area (Å²) in [7, 11) is 2.00. The number of thioether (sulfide) groups is 1. The predicted molar refractivity (Wildman–Crippen MR) is 60.0 cm³/mol. The highest BCUT2D eigenvalue weighted by Crippen LogP contribution is 2.36. The van der Waals surface area contributed by atoms with E-state index >= 15 is 0 Å². The maximum Gasteiger partial charge on any atom is 0.209 e. The lowest BCUT2D eigenvalue weighted by Crippen LogP contribution is -2.26. The van der Waals surface area contributed by atoms with Crippen molar-refractivity contribution in [3.05, 3.63) is 0 Å². The average molecular weight is 227 g/mol. The number of nitrogens with one attached hydrogen (secondary N) is 1. The van der Waals surface area contributed by atoms with Crippen LogP contribution in [0.4, 0.5) is 0 Å². The Bertz CT molecular complexity index is 305. The monoisotopic (exact) mass is 227 g/mol. The molecular weight excluding hydrogens is 210 g/mol. The van der Waals surface area contributed by atoms with Crippen LogP contribution in [0.15, 0.2) is 5.16 Å². The van der Waals surface area contributed by atoms with E-state index in [-0.39, 0.29) is 0 Å². The SMILES string of the molecule is CCC(CSc1nnnn1C1CC1)NC. The average Bonchev–Trinajstić information content (AvgIpc) is 3.00. The van der Waals surface area contributed by atoms with Crippen LogP contribution in [0.2, 0.25) is 0 Å². The first-order chi connectivity index (χ1) is 7.35. The van der Waals surface area contributed by atoms with E-state index in [2.05, 4.69) is 27.8 Å². The Morgan fingerprint density at radius 2 is 2.40 bits per heavy atom. The number of hydrogen-bond acceptors (Lipinski definition) is 5. The van der Waals surface area contributed by atoms with Crippen LogP contribution in [-0.2, 0) is 0 Å². The highest BCUT2D eigenvalue weighted by atomic mass is 32.2. The highest BCUT2D eigenvalue weighted by molar-refractivity contribution is 7.99. The highest BCUT2D eigenvalue weighted by Gasteiger charge is 2.27. The zero-order chi connectivity index (χ0) is 10.7. The summed E-state index contributed by atoms with van der Waals surface area (Å²) in [5.41, 5.74) is 0. The van der Waals surface area contributed by atoms with Gasteiger partial charge in [0.2, 0.25) is 5.16 Å². The Balaban J connectivity index is 1.89. The molecule has 1 fully saturated rings. The summed E-state index contributed by atoms with van der Waals surface area (Å²) in [5.74, 6) is 1.03. The molecule has 1 aromatic rings. The smallest absolute Gasteiger partial charge is 0.209 e. The Labute approximate surface area is 94.0 Å². The Morgan fingerprint density at radius 1 is 1.60 bits per heavy atom. The molecule has 0 spiro atoms. The van der Waals surface area contributed by atoms with Gasteiger partial charge in [0.25, 0.3) is 0 Å². The Hall–Kier alpha value is -0.620. The molecule has 84 valence electrons. The molecular formula is C9H17N5S. The summed E-state index contributed by atoms with van der Waals surface area (Å²) >= 11 is 1.74. The molecule has 0 aliphatic heterocycles. The van der Waals surface area contributed by atoms with Crippen LogP contribution in [0, 0.1) is 0 Å². The fourth-order valence-corrected chi connectivity index (χ4v) is 2.57. The van der Waals surface area contributed by atoms with E-state index in [1.54, 1.807) is 11.8 Å². The van der Waals surface area contributed by atoms with Crippen molar-refractivity contribution >= 4 is 11.8 Å². The summed E-state index contributed by atoms with van der Waals surface area (Å²) < 4.78 is 1.97. The van der Waals surface area contributed by atoms with Crippen molar-refractivity contribution < 1.29 is 0 Å². The van der Waals surface area contributed by atoms with Gasteiger partial charge in [-0.05, 0) is 36.7 Å². The molecule has 15 heavy (non-hydrogen) atoms. The topological polar surface area (TPSA) is 55.6 Å². The number of nitrogens with zero attached hydrogens (tertiary/aromatic N) is 4. The molecule has 2 rings (SSSR count). The molecule has 1 unspecified atom stereocenters. The van der Waals surface area contributed by atoms with Crippen LogP contribution in [0.25, 0.3) is 0 Å². The summed E-state index contributed by atoms with van der Waals surface area (Å²) in [6.07, 6.45) is 3.58. The minimum Gasteiger partial charge on any atom is -0.316 e. The van der Waals surface area contributed by atoms with Crippen LogP contribution < -0.4 is 5.32 Å². The first kappa shape index (κ1) is 10.9. The quantitative estimate of drug-likeness (QED) is 0.737. The molecule has 0 saturated heterocycles. The van der Waals surface area contributed by atoms with Gasteiger partial charge >= 0.3 is 0 Å². The molecule has 5 nitrogen and oxygen atoms in total. The molecule has 1 N–H and O–H groups in total. The van der Waals surface area contributed by atoms with Crippen LogP contribution in [-0.4, -0.2) is 39.0 Å². The van der Waals surface area contributed by atoms with Crippen molar-refractivity contribution in [2.45, 2.75) is 43.4 Å². The molecule has 1 aliphatic rings. The fourth-order valence-electron chi connectivity index (χ4n) is 1.41. The van der Waals surface area contributed by atoms with Gasteiger partial charge in [0.15, 0.2) is 0 Å². The minimum absolute atomic E-state index is 0.541. The second-order valence-electron chi connectivity index (χ2n) is 3.84. The zero-order valence-corrected chi connectivity index (χ0v) is 10.00. The van der Waals surface area contributed by atoms with E-state index in [0.717, 1.165) is 17.3 Å². The van der Waals surface area contributed by atoms with Gasteiger partial charge in [-0.15, -0.1) is 5.10 Å². The van der Waals surface area contributed by atoms with Gasteiger partial charge in [0.1, 0.15) is 0 Å².